The number of hydrogen-bond donors (Lipinski definition) is 0. The first-order valence-electron chi connectivity index (χ1n) is 11.2. The van der Waals surface area contributed by atoms with Crippen LogP contribution < -0.4 is 0 Å². The van der Waals surface area contributed by atoms with Crippen molar-refractivity contribution in [2.75, 3.05) is 13.2 Å². The minimum absolute atomic E-state index is 0.674. The van der Waals surface area contributed by atoms with Crippen molar-refractivity contribution in [2.45, 2.75) is 72.3 Å². The normalized spacial score (nSPS) is 13.8. The standard InChI is InChI=1S/C23H30Cl2N2.C2H6/c1-2-3-4-5-6-7-10-15-26-18-27(23(25)22(26)24)17-19-13-14-20-11-8-9-12-21(20)16-19;1-2/h8-9,11-14,16H,2-7,10,15,17-18H2,1H3;1-2H3. The molecule has 2 aromatic rings. The highest BCUT2D eigenvalue weighted by molar-refractivity contribution is 6.38. The maximum absolute atomic E-state index is 6.52. The van der Waals surface area contributed by atoms with E-state index in [1.807, 2.05) is 13.8 Å². The molecule has 0 radical (unpaired) electrons. The number of unbranched alkanes of at least 4 members (excludes halogenated alkanes) is 6. The van der Waals surface area contributed by atoms with Gasteiger partial charge in [-0.2, -0.15) is 0 Å². The van der Waals surface area contributed by atoms with Crippen molar-refractivity contribution >= 4 is 34.0 Å². The molecule has 1 aliphatic heterocycles. The Kier molecular flexibility index (Phi) is 10.7. The van der Waals surface area contributed by atoms with Crippen LogP contribution in [0.25, 0.3) is 10.8 Å². The number of hydrogen-bond acceptors (Lipinski definition) is 2. The second-order valence-electron chi connectivity index (χ2n) is 7.49. The first-order chi connectivity index (χ1) is 14.2. The summed E-state index contributed by atoms with van der Waals surface area (Å²) in [5, 5.41) is 3.90. The highest BCUT2D eigenvalue weighted by atomic mass is 35.5. The topological polar surface area (TPSA) is 6.48 Å². The molecule has 4 heteroatoms. The van der Waals surface area contributed by atoms with Crippen LogP contribution in [0, 0.1) is 0 Å². The van der Waals surface area contributed by atoms with E-state index < -0.39 is 0 Å². The van der Waals surface area contributed by atoms with Crippen LogP contribution in [0.15, 0.2) is 52.8 Å². The van der Waals surface area contributed by atoms with E-state index in [1.54, 1.807) is 0 Å². The molecule has 0 bridgehead atoms. The maximum atomic E-state index is 6.52. The van der Waals surface area contributed by atoms with E-state index in [1.165, 1.54) is 61.3 Å². The van der Waals surface area contributed by atoms with E-state index in [4.69, 9.17) is 23.2 Å². The van der Waals surface area contributed by atoms with E-state index in [2.05, 4.69) is 59.2 Å². The molecule has 2 aromatic carbocycles. The first-order valence-corrected chi connectivity index (χ1v) is 12.0. The Morgan fingerprint density at radius 1 is 0.759 bits per heavy atom. The molecule has 160 valence electrons. The van der Waals surface area contributed by atoms with E-state index >= 15 is 0 Å². The van der Waals surface area contributed by atoms with Crippen molar-refractivity contribution in [2.24, 2.45) is 0 Å². The fraction of sp³-hybridized carbons (Fsp3) is 0.520. The van der Waals surface area contributed by atoms with Gasteiger partial charge >= 0.3 is 0 Å². The molecule has 1 aliphatic rings. The minimum Gasteiger partial charge on any atom is -0.342 e. The van der Waals surface area contributed by atoms with Gasteiger partial charge in [0.2, 0.25) is 0 Å². The summed E-state index contributed by atoms with van der Waals surface area (Å²) < 4.78 is 0. The predicted molar refractivity (Wildman–Crippen MR) is 129 cm³/mol. The number of halogens is 2. The molecule has 0 unspecified atom stereocenters. The quantitative estimate of drug-likeness (QED) is 0.274. The average Bonchev–Trinajstić information content (AvgIpc) is 3.02. The monoisotopic (exact) mass is 434 g/mol. The van der Waals surface area contributed by atoms with Crippen molar-refractivity contribution in [1.29, 1.82) is 0 Å². The summed E-state index contributed by atoms with van der Waals surface area (Å²) in [5.74, 6) is 0. The molecule has 0 saturated heterocycles. The van der Waals surface area contributed by atoms with Crippen LogP contribution in [0.3, 0.4) is 0 Å². The van der Waals surface area contributed by atoms with Gasteiger partial charge in [0.15, 0.2) is 0 Å². The molecule has 2 nitrogen and oxygen atoms in total. The fourth-order valence-corrected chi connectivity index (χ4v) is 4.19. The first kappa shape index (κ1) is 23.9. The lowest BCUT2D eigenvalue weighted by atomic mass is 10.1. The molecule has 0 amide bonds. The van der Waals surface area contributed by atoms with Gasteiger partial charge in [-0.05, 0) is 28.8 Å². The lowest BCUT2D eigenvalue weighted by Crippen LogP contribution is -2.27. The van der Waals surface area contributed by atoms with Crippen molar-refractivity contribution in [1.82, 2.24) is 9.80 Å². The number of nitrogens with zero attached hydrogens (tertiary/aromatic N) is 2. The van der Waals surface area contributed by atoms with Gasteiger partial charge in [0.1, 0.15) is 10.3 Å². The van der Waals surface area contributed by atoms with Crippen molar-refractivity contribution in [3.63, 3.8) is 0 Å². The van der Waals surface area contributed by atoms with Crippen LogP contribution in [-0.2, 0) is 6.54 Å². The van der Waals surface area contributed by atoms with Crippen molar-refractivity contribution < 1.29 is 0 Å². The summed E-state index contributed by atoms with van der Waals surface area (Å²) in [5.41, 5.74) is 1.26. The van der Waals surface area contributed by atoms with E-state index in [0.717, 1.165) is 19.8 Å². The Hall–Kier alpha value is -1.38. The van der Waals surface area contributed by atoms with Crippen molar-refractivity contribution in [3.05, 3.63) is 58.3 Å². The summed E-state index contributed by atoms with van der Waals surface area (Å²) in [6.45, 7) is 8.81. The fourth-order valence-electron chi connectivity index (χ4n) is 3.70. The summed E-state index contributed by atoms with van der Waals surface area (Å²) in [6.07, 6.45) is 9.16. The second-order valence-corrected chi connectivity index (χ2v) is 8.20. The van der Waals surface area contributed by atoms with E-state index in [9.17, 15) is 0 Å². The van der Waals surface area contributed by atoms with Gasteiger partial charge in [0.05, 0.1) is 6.67 Å². The maximum Gasteiger partial charge on any atom is 0.142 e. The summed E-state index contributed by atoms with van der Waals surface area (Å²) >= 11 is 13.0. The van der Waals surface area contributed by atoms with Crippen molar-refractivity contribution in [3.8, 4) is 0 Å². The molecule has 3 rings (SSSR count). The van der Waals surface area contributed by atoms with Gasteiger partial charge < -0.3 is 9.80 Å². The Morgan fingerprint density at radius 3 is 2.10 bits per heavy atom. The van der Waals surface area contributed by atoms with Gasteiger partial charge in [0, 0.05) is 13.1 Å². The molecule has 0 spiro atoms. The third-order valence-electron chi connectivity index (χ3n) is 5.29. The molecule has 0 fully saturated rings. The van der Waals surface area contributed by atoms with Gasteiger partial charge in [-0.3, -0.25) is 0 Å². The number of fused-ring (bicyclic) bond motifs is 1. The number of rotatable bonds is 10. The highest BCUT2D eigenvalue weighted by Gasteiger charge is 2.26. The zero-order valence-corrected chi connectivity index (χ0v) is 19.8. The van der Waals surface area contributed by atoms with Gasteiger partial charge in [-0.15, -0.1) is 0 Å². The van der Waals surface area contributed by atoms with Crippen LogP contribution in [0.1, 0.15) is 71.3 Å². The predicted octanol–water partition coefficient (Wildman–Crippen LogP) is 8.30. The SMILES string of the molecule is CC.CCCCCCCCCN1CN(Cc2ccc3ccccc3c2)C(Cl)=C1Cl. The van der Waals surface area contributed by atoms with Gasteiger partial charge in [-0.25, -0.2) is 0 Å². The lowest BCUT2D eigenvalue weighted by molar-refractivity contribution is 0.249. The van der Waals surface area contributed by atoms with E-state index in [0.29, 0.717) is 10.3 Å². The third kappa shape index (κ3) is 7.12. The molecular formula is C25H36Cl2N2. The highest BCUT2D eigenvalue weighted by Crippen LogP contribution is 2.31. The molecule has 0 atom stereocenters. The third-order valence-corrected chi connectivity index (χ3v) is 6.22. The molecule has 0 aromatic heterocycles. The lowest BCUT2D eigenvalue weighted by Gasteiger charge is -2.22. The second kappa shape index (κ2) is 13.0. The zero-order chi connectivity index (χ0) is 21.1. The summed E-state index contributed by atoms with van der Waals surface area (Å²) in [6, 6.07) is 15.0. The van der Waals surface area contributed by atoms with Crippen LogP contribution >= 0.6 is 23.2 Å². The van der Waals surface area contributed by atoms with Gasteiger partial charge in [-0.1, -0.05) is 119 Å². The van der Waals surface area contributed by atoms with E-state index in [-0.39, 0.29) is 0 Å². The van der Waals surface area contributed by atoms with Crippen LogP contribution in [0.5, 0.6) is 0 Å². The summed E-state index contributed by atoms with van der Waals surface area (Å²) in [4.78, 5) is 4.37. The molecule has 0 saturated carbocycles. The van der Waals surface area contributed by atoms with Gasteiger partial charge in [0.25, 0.3) is 0 Å². The van der Waals surface area contributed by atoms with Crippen LogP contribution in [-0.4, -0.2) is 23.0 Å². The number of benzene rings is 2. The molecule has 29 heavy (non-hydrogen) atoms. The molecule has 0 N–H and O–H groups in total. The average molecular weight is 435 g/mol. The summed E-state index contributed by atoms with van der Waals surface area (Å²) in [7, 11) is 0. The van der Waals surface area contributed by atoms with Crippen LogP contribution in [0.2, 0.25) is 0 Å². The molecule has 1 heterocycles. The molecule has 0 aliphatic carbocycles. The Labute approximate surface area is 187 Å². The molecular weight excluding hydrogens is 399 g/mol. The Morgan fingerprint density at radius 2 is 1.38 bits per heavy atom. The van der Waals surface area contributed by atoms with Crippen LogP contribution in [0.4, 0.5) is 0 Å². The zero-order valence-electron chi connectivity index (χ0n) is 18.3. The Bertz CT molecular complexity index is 772. The smallest absolute Gasteiger partial charge is 0.142 e. The minimum atomic E-state index is 0.674. The largest absolute Gasteiger partial charge is 0.342 e. The Balaban J connectivity index is 0.00000145.